The topological polar surface area (TPSA) is 73.1 Å². The number of aromatic hydroxyl groups is 1. The number of hydrogen-bond acceptors (Lipinski definition) is 5. The zero-order valence-corrected chi connectivity index (χ0v) is 19.7. The Morgan fingerprint density at radius 3 is 2.70 bits per heavy atom. The van der Waals surface area contributed by atoms with Gasteiger partial charge in [0.2, 0.25) is 5.88 Å². The van der Waals surface area contributed by atoms with Crippen LogP contribution in [0.25, 0.3) is 38.7 Å². The number of fused-ring (bicyclic) bond motifs is 4. The maximum absolute atomic E-state index is 10.1. The van der Waals surface area contributed by atoms with Gasteiger partial charge in [-0.1, -0.05) is 30.3 Å². The second kappa shape index (κ2) is 8.30. The summed E-state index contributed by atoms with van der Waals surface area (Å²) in [5, 5.41) is 12.0. The van der Waals surface area contributed by atoms with E-state index in [4.69, 9.17) is 4.74 Å². The fourth-order valence-corrected chi connectivity index (χ4v) is 3.96. The Hall–Kier alpha value is -3.76. The van der Waals surface area contributed by atoms with Crippen LogP contribution in [0.1, 0.15) is 5.56 Å². The summed E-state index contributed by atoms with van der Waals surface area (Å²) in [5.41, 5.74) is 4.18. The summed E-state index contributed by atoms with van der Waals surface area (Å²) < 4.78 is 8.03. The van der Waals surface area contributed by atoms with Gasteiger partial charge in [-0.2, -0.15) is 0 Å². The first-order valence-corrected chi connectivity index (χ1v) is 10.2. The first-order chi connectivity index (χ1) is 15.7. The van der Waals surface area contributed by atoms with E-state index in [1.54, 1.807) is 30.6 Å². The Balaban J connectivity index is 0.00000228. The van der Waals surface area contributed by atoms with Crippen molar-refractivity contribution in [2.45, 2.75) is 6.92 Å². The molecule has 0 saturated heterocycles. The number of phenolic OH excluding ortho intramolecular Hbond substituents is 1. The Bertz CT molecular complexity index is 1640. The van der Waals surface area contributed by atoms with Crippen molar-refractivity contribution in [2.24, 2.45) is 0 Å². The summed E-state index contributed by atoms with van der Waals surface area (Å²) >= 11 is 0. The van der Waals surface area contributed by atoms with Crippen molar-refractivity contribution >= 4 is 32.8 Å². The van der Waals surface area contributed by atoms with Crippen LogP contribution in [0.15, 0.2) is 79.1 Å². The molecular weight excluding hydrogens is 595 g/mol. The second-order valence-corrected chi connectivity index (χ2v) is 7.59. The molecule has 33 heavy (non-hydrogen) atoms. The Morgan fingerprint density at radius 2 is 1.82 bits per heavy atom. The Kier molecular flexibility index (Phi) is 5.31. The van der Waals surface area contributed by atoms with Crippen molar-refractivity contribution in [3.05, 3.63) is 90.8 Å². The third-order valence-electron chi connectivity index (χ3n) is 5.42. The molecule has 0 saturated carbocycles. The smallest absolute Gasteiger partial charge is 0.217 e. The van der Waals surface area contributed by atoms with Gasteiger partial charge in [0, 0.05) is 50.0 Å². The number of ether oxygens (including phenoxy) is 1. The van der Waals surface area contributed by atoms with Crippen molar-refractivity contribution in [2.75, 3.05) is 0 Å². The predicted molar refractivity (Wildman–Crippen MR) is 123 cm³/mol. The SMILES string of the molecule is Cc1ccnc(-n2c3[c-]c(Oc4ccc5cccc(O)c5n4)cnc3c3ccccc32)c1.[Pt]. The number of hydrogen-bond donors (Lipinski definition) is 1. The van der Waals surface area contributed by atoms with Gasteiger partial charge in [0.1, 0.15) is 17.1 Å². The summed E-state index contributed by atoms with van der Waals surface area (Å²) in [5.74, 6) is 1.68. The molecule has 6 rings (SSSR count). The van der Waals surface area contributed by atoms with Crippen LogP contribution in [-0.4, -0.2) is 24.6 Å². The van der Waals surface area contributed by atoms with Crippen molar-refractivity contribution in [3.8, 4) is 23.2 Å². The molecule has 0 unspecified atom stereocenters. The molecule has 6 nitrogen and oxygen atoms in total. The first-order valence-electron chi connectivity index (χ1n) is 10.2. The molecule has 4 heterocycles. The van der Waals surface area contributed by atoms with Crippen LogP contribution < -0.4 is 4.74 Å². The molecule has 0 aliphatic carbocycles. The molecule has 0 aliphatic heterocycles. The zero-order chi connectivity index (χ0) is 21.7. The minimum Gasteiger partial charge on any atom is -0.506 e. The molecule has 0 fully saturated rings. The van der Waals surface area contributed by atoms with Crippen LogP contribution in [0.5, 0.6) is 17.4 Å². The quantitative estimate of drug-likeness (QED) is 0.259. The van der Waals surface area contributed by atoms with Gasteiger partial charge in [-0.05, 0) is 65.4 Å². The number of nitrogens with zero attached hydrogens (tertiary/aromatic N) is 4. The zero-order valence-electron chi connectivity index (χ0n) is 17.5. The van der Waals surface area contributed by atoms with Gasteiger partial charge >= 0.3 is 0 Å². The van der Waals surface area contributed by atoms with E-state index < -0.39 is 0 Å². The molecule has 7 heteroatoms. The minimum absolute atomic E-state index is 0. The number of rotatable bonds is 3. The van der Waals surface area contributed by atoms with Crippen molar-refractivity contribution in [1.29, 1.82) is 0 Å². The maximum Gasteiger partial charge on any atom is 0.217 e. The standard InChI is InChI=1S/C26H17N4O2.Pt/c1-16-11-12-27-23(13-16)30-20-7-3-2-6-19(20)26-21(30)14-18(15-28-26)32-24-10-9-17-5-4-8-22(31)25(17)29-24;/h2-13,15,31H,1H3;/q-1;. The average molecular weight is 613 g/mol. The fourth-order valence-electron chi connectivity index (χ4n) is 3.96. The molecule has 4 aromatic heterocycles. The van der Waals surface area contributed by atoms with Crippen molar-refractivity contribution in [1.82, 2.24) is 19.5 Å². The number of pyridine rings is 3. The first kappa shape index (κ1) is 21.1. The Labute approximate surface area is 203 Å². The van der Waals surface area contributed by atoms with Crippen LogP contribution >= 0.6 is 0 Å². The minimum atomic E-state index is 0. The molecular formula is C26H17N4O2Pt-. The van der Waals surface area contributed by atoms with Crippen molar-refractivity contribution < 1.29 is 30.9 Å². The van der Waals surface area contributed by atoms with E-state index >= 15 is 0 Å². The molecule has 1 N–H and O–H groups in total. The van der Waals surface area contributed by atoms with Crippen LogP contribution in [0.2, 0.25) is 0 Å². The van der Waals surface area contributed by atoms with Crippen LogP contribution in [0, 0.1) is 13.0 Å². The molecule has 2 aromatic carbocycles. The summed E-state index contributed by atoms with van der Waals surface area (Å²) in [6, 6.07) is 24.3. The van der Waals surface area contributed by atoms with E-state index in [2.05, 4.69) is 21.0 Å². The van der Waals surface area contributed by atoms with Gasteiger partial charge in [0.25, 0.3) is 0 Å². The monoisotopic (exact) mass is 612 g/mol. The molecule has 0 spiro atoms. The van der Waals surface area contributed by atoms with Gasteiger partial charge in [0.05, 0.1) is 0 Å². The summed E-state index contributed by atoms with van der Waals surface area (Å²) in [6.07, 6.45) is 3.43. The number of phenols is 1. The summed E-state index contributed by atoms with van der Waals surface area (Å²) in [4.78, 5) is 13.7. The van der Waals surface area contributed by atoms with Gasteiger partial charge < -0.3 is 19.4 Å². The number of aryl methyl sites for hydroxylation is 1. The van der Waals surface area contributed by atoms with Crippen molar-refractivity contribution in [3.63, 3.8) is 0 Å². The number of benzene rings is 2. The number of aromatic nitrogens is 4. The Morgan fingerprint density at radius 1 is 0.939 bits per heavy atom. The molecule has 164 valence electrons. The second-order valence-electron chi connectivity index (χ2n) is 7.59. The van der Waals surface area contributed by atoms with Gasteiger partial charge in [-0.3, -0.25) is 0 Å². The average Bonchev–Trinajstić information content (AvgIpc) is 3.13. The number of para-hydroxylation sites is 2. The van der Waals surface area contributed by atoms with Gasteiger partial charge in [0.15, 0.2) is 0 Å². The van der Waals surface area contributed by atoms with E-state index in [0.717, 1.165) is 38.7 Å². The molecule has 0 aliphatic rings. The molecule has 0 atom stereocenters. The van der Waals surface area contributed by atoms with Crippen LogP contribution in [-0.2, 0) is 21.1 Å². The maximum atomic E-state index is 10.1. The molecule has 0 amide bonds. The molecule has 6 aromatic rings. The summed E-state index contributed by atoms with van der Waals surface area (Å²) in [7, 11) is 0. The van der Waals surface area contributed by atoms with E-state index in [1.807, 2.05) is 60.0 Å². The van der Waals surface area contributed by atoms with E-state index in [0.29, 0.717) is 17.1 Å². The van der Waals surface area contributed by atoms with Gasteiger partial charge in [-0.25, -0.2) is 9.97 Å². The normalized spacial score (nSPS) is 11.1. The van der Waals surface area contributed by atoms with E-state index in [9.17, 15) is 5.11 Å². The molecule has 0 bridgehead atoms. The van der Waals surface area contributed by atoms with E-state index in [1.165, 1.54) is 0 Å². The van der Waals surface area contributed by atoms with Gasteiger partial charge in [-0.15, -0.1) is 6.07 Å². The third-order valence-corrected chi connectivity index (χ3v) is 5.42. The third kappa shape index (κ3) is 3.62. The summed E-state index contributed by atoms with van der Waals surface area (Å²) in [6.45, 7) is 2.04. The van der Waals surface area contributed by atoms with Crippen LogP contribution in [0.4, 0.5) is 0 Å². The predicted octanol–water partition coefficient (Wildman–Crippen LogP) is 5.73. The van der Waals surface area contributed by atoms with E-state index in [-0.39, 0.29) is 26.8 Å². The molecule has 0 radical (unpaired) electrons. The van der Waals surface area contributed by atoms with Crippen LogP contribution in [0.3, 0.4) is 0 Å². The largest absolute Gasteiger partial charge is 0.506 e. The fraction of sp³-hybridized carbons (Fsp3) is 0.0385.